The van der Waals surface area contributed by atoms with E-state index in [-0.39, 0.29) is 11.6 Å². The monoisotopic (exact) mass is 280 g/mol. The number of aryl methyl sites for hydroxylation is 1. The van der Waals surface area contributed by atoms with Gasteiger partial charge in [0.25, 0.3) is 5.91 Å². The Morgan fingerprint density at radius 3 is 2.55 bits per heavy atom. The summed E-state index contributed by atoms with van der Waals surface area (Å²) < 4.78 is 31.0. The summed E-state index contributed by atoms with van der Waals surface area (Å²) in [6, 6.07) is 4.67. The van der Waals surface area contributed by atoms with Crippen molar-refractivity contribution in [1.29, 1.82) is 0 Å². The molecular weight excluding hydrogens is 266 g/mol. The number of carbonyl (C=O) groups excluding carboxylic acids is 1. The molecule has 2 rings (SSSR count). The number of hydrogen-bond acceptors (Lipinski definition) is 3. The first kappa shape index (κ1) is 14.2. The lowest BCUT2D eigenvalue weighted by Crippen LogP contribution is -2.30. The van der Waals surface area contributed by atoms with Crippen LogP contribution in [0.25, 0.3) is 0 Å². The van der Waals surface area contributed by atoms with Crippen LogP contribution in [-0.4, -0.2) is 23.0 Å². The zero-order chi connectivity index (χ0) is 14.9. The van der Waals surface area contributed by atoms with Crippen molar-refractivity contribution in [1.82, 2.24) is 10.1 Å². The molecular formula is C14H14F2N2O2. The molecule has 6 heteroatoms. The van der Waals surface area contributed by atoms with Crippen molar-refractivity contribution in [3.63, 3.8) is 0 Å². The molecule has 1 aromatic heterocycles. The second kappa shape index (κ2) is 5.40. The summed E-state index contributed by atoms with van der Waals surface area (Å²) in [7, 11) is 1.57. The van der Waals surface area contributed by atoms with Crippen LogP contribution in [0.5, 0.6) is 0 Å². The Labute approximate surface area is 115 Å². The molecule has 2 aromatic rings. The Kier molecular flexibility index (Phi) is 3.83. The fourth-order valence-corrected chi connectivity index (χ4v) is 1.82. The van der Waals surface area contributed by atoms with E-state index in [1.54, 1.807) is 20.9 Å². The van der Waals surface area contributed by atoms with Crippen LogP contribution in [0.2, 0.25) is 0 Å². The number of aromatic nitrogens is 1. The molecule has 1 amide bonds. The molecule has 1 heterocycles. The van der Waals surface area contributed by atoms with Crippen molar-refractivity contribution < 1.29 is 18.1 Å². The van der Waals surface area contributed by atoms with Crippen LogP contribution in [0.4, 0.5) is 8.78 Å². The predicted octanol–water partition coefficient (Wildman–Crippen LogP) is 3.09. The summed E-state index contributed by atoms with van der Waals surface area (Å²) in [5.74, 6) is -1.67. The summed E-state index contributed by atoms with van der Waals surface area (Å²) in [6.07, 6.45) is 0. The average Bonchev–Trinajstić information content (AvgIpc) is 2.86. The third-order valence-electron chi connectivity index (χ3n) is 3.17. The molecule has 0 saturated heterocycles. The normalized spacial score (nSPS) is 12.2. The van der Waals surface area contributed by atoms with E-state index in [1.807, 2.05) is 0 Å². The highest BCUT2D eigenvalue weighted by Gasteiger charge is 2.22. The van der Waals surface area contributed by atoms with E-state index in [0.29, 0.717) is 11.3 Å². The van der Waals surface area contributed by atoms with Crippen molar-refractivity contribution in [2.45, 2.75) is 19.9 Å². The molecule has 106 valence electrons. The average molecular weight is 280 g/mol. The minimum atomic E-state index is -0.938. The van der Waals surface area contributed by atoms with Crippen molar-refractivity contribution in [3.05, 3.63) is 52.9 Å². The summed E-state index contributed by atoms with van der Waals surface area (Å²) in [5, 5.41) is 3.64. The molecule has 0 fully saturated rings. The van der Waals surface area contributed by atoms with Gasteiger partial charge in [0.15, 0.2) is 17.3 Å². The Hall–Kier alpha value is -2.24. The molecule has 0 aliphatic rings. The highest BCUT2D eigenvalue weighted by atomic mass is 19.2. The van der Waals surface area contributed by atoms with Crippen molar-refractivity contribution in [2.24, 2.45) is 0 Å². The molecule has 0 N–H and O–H groups in total. The molecule has 1 aromatic carbocycles. The first-order valence-electron chi connectivity index (χ1n) is 6.05. The largest absolute Gasteiger partial charge is 0.361 e. The lowest BCUT2D eigenvalue weighted by molar-refractivity contribution is 0.0732. The number of hydrogen-bond donors (Lipinski definition) is 0. The lowest BCUT2D eigenvalue weighted by atomic mass is 10.1. The highest BCUT2D eigenvalue weighted by molar-refractivity contribution is 5.92. The fraction of sp³-hybridized carbons (Fsp3) is 0.286. The maximum atomic E-state index is 13.2. The van der Waals surface area contributed by atoms with Gasteiger partial charge in [0.2, 0.25) is 0 Å². The van der Waals surface area contributed by atoms with E-state index < -0.39 is 17.7 Å². The molecule has 0 aliphatic heterocycles. The third kappa shape index (κ3) is 2.68. The SMILES string of the molecule is Cc1cc(C(=O)N(C)[C@H](C)c2ccc(F)c(F)c2)no1. The number of amides is 1. The number of rotatable bonds is 3. The summed E-state index contributed by atoms with van der Waals surface area (Å²) in [4.78, 5) is 13.6. The molecule has 0 aliphatic carbocycles. The fourth-order valence-electron chi connectivity index (χ4n) is 1.82. The van der Waals surface area contributed by atoms with E-state index >= 15 is 0 Å². The Balaban J connectivity index is 2.21. The van der Waals surface area contributed by atoms with Gasteiger partial charge in [-0.05, 0) is 31.5 Å². The van der Waals surface area contributed by atoms with Crippen LogP contribution in [0.1, 0.15) is 34.8 Å². The van der Waals surface area contributed by atoms with Gasteiger partial charge in [0, 0.05) is 13.1 Å². The molecule has 4 nitrogen and oxygen atoms in total. The smallest absolute Gasteiger partial charge is 0.276 e. The van der Waals surface area contributed by atoms with Gasteiger partial charge in [-0.3, -0.25) is 4.79 Å². The van der Waals surface area contributed by atoms with Crippen LogP contribution < -0.4 is 0 Å². The van der Waals surface area contributed by atoms with Gasteiger partial charge in [0.05, 0.1) is 6.04 Å². The molecule has 0 unspecified atom stereocenters. The van der Waals surface area contributed by atoms with E-state index in [2.05, 4.69) is 5.16 Å². The third-order valence-corrected chi connectivity index (χ3v) is 3.17. The summed E-state index contributed by atoms with van der Waals surface area (Å²) >= 11 is 0. The van der Waals surface area contributed by atoms with Crippen molar-refractivity contribution in [3.8, 4) is 0 Å². The number of carbonyl (C=O) groups is 1. The van der Waals surface area contributed by atoms with Crippen LogP contribution >= 0.6 is 0 Å². The van der Waals surface area contributed by atoms with Crippen molar-refractivity contribution in [2.75, 3.05) is 7.05 Å². The van der Waals surface area contributed by atoms with Crippen LogP contribution in [-0.2, 0) is 0 Å². The second-order valence-corrected chi connectivity index (χ2v) is 4.59. The van der Waals surface area contributed by atoms with Gasteiger partial charge in [-0.15, -0.1) is 0 Å². The van der Waals surface area contributed by atoms with Gasteiger partial charge in [-0.2, -0.15) is 0 Å². The van der Waals surface area contributed by atoms with E-state index in [4.69, 9.17) is 4.52 Å². The molecule has 0 radical (unpaired) electrons. The van der Waals surface area contributed by atoms with Crippen LogP contribution in [0.15, 0.2) is 28.8 Å². The predicted molar refractivity (Wildman–Crippen MR) is 68.1 cm³/mol. The van der Waals surface area contributed by atoms with E-state index in [0.717, 1.165) is 12.1 Å². The standard InChI is InChI=1S/C14H14F2N2O2/c1-8-6-13(17-20-8)14(19)18(3)9(2)10-4-5-11(15)12(16)7-10/h4-7,9H,1-3H3/t9-/m1/s1. The van der Waals surface area contributed by atoms with Crippen molar-refractivity contribution >= 4 is 5.91 Å². The minimum Gasteiger partial charge on any atom is -0.361 e. The van der Waals surface area contributed by atoms with E-state index in [9.17, 15) is 13.6 Å². The number of nitrogens with zero attached hydrogens (tertiary/aromatic N) is 2. The van der Waals surface area contributed by atoms with Crippen LogP contribution in [0, 0.1) is 18.6 Å². The van der Waals surface area contributed by atoms with E-state index in [1.165, 1.54) is 17.0 Å². The Morgan fingerprint density at radius 1 is 1.30 bits per heavy atom. The van der Waals surface area contributed by atoms with Gasteiger partial charge in [-0.25, -0.2) is 8.78 Å². The first-order chi connectivity index (χ1) is 9.40. The molecule has 0 saturated carbocycles. The van der Waals surface area contributed by atoms with Gasteiger partial charge in [-0.1, -0.05) is 11.2 Å². The maximum Gasteiger partial charge on any atom is 0.276 e. The number of benzene rings is 1. The molecule has 20 heavy (non-hydrogen) atoms. The summed E-state index contributed by atoms with van der Waals surface area (Å²) in [6.45, 7) is 3.40. The van der Waals surface area contributed by atoms with Crippen LogP contribution in [0.3, 0.4) is 0 Å². The lowest BCUT2D eigenvalue weighted by Gasteiger charge is -2.24. The zero-order valence-corrected chi connectivity index (χ0v) is 11.4. The quantitative estimate of drug-likeness (QED) is 0.868. The first-order valence-corrected chi connectivity index (χ1v) is 6.05. The Morgan fingerprint density at radius 2 is 2.00 bits per heavy atom. The maximum absolute atomic E-state index is 13.2. The Bertz CT molecular complexity index is 640. The van der Waals surface area contributed by atoms with Gasteiger partial charge in [0.1, 0.15) is 5.76 Å². The minimum absolute atomic E-state index is 0.180. The number of halogens is 2. The molecule has 0 bridgehead atoms. The summed E-state index contributed by atoms with van der Waals surface area (Å²) in [5.41, 5.74) is 0.680. The molecule has 1 atom stereocenters. The van der Waals surface area contributed by atoms with Gasteiger partial charge >= 0.3 is 0 Å². The zero-order valence-electron chi connectivity index (χ0n) is 11.4. The topological polar surface area (TPSA) is 46.3 Å². The van der Waals surface area contributed by atoms with Gasteiger partial charge < -0.3 is 9.42 Å². The molecule has 0 spiro atoms. The second-order valence-electron chi connectivity index (χ2n) is 4.59. The highest BCUT2D eigenvalue weighted by Crippen LogP contribution is 2.22.